The third kappa shape index (κ3) is 5.04. The highest BCUT2D eigenvalue weighted by molar-refractivity contribution is 7.99. The van der Waals surface area contributed by atoms with Gasteiger partial charge in [0.25, 0.3) is 5.22 Å². The first-order valence-electron chi connectivity index (χ1n) is 9.58. The zero-order valence-corrected chi connectivity index (χ0v) is 17.4. The molecule has 1 N–H and O–H groups in total. The molecule has 1 aliphatic rings. The van der Waals surface area contributed by atoms with Crippen molar-refractivity contribution in [3.63, 3.8) is 0 Å². The molecule has 0 unspecified atom stereocenters. The third-order valence-electron chi connectivity index (χ3n) is 4.54. The molecule has 0 atom stereocenters. The fourth-order valence-electron chi connectivity index (χ4n) is 2.95. The van der Waals surface area contributed by atoms with Gasteiger partial charge in [-0.05, 0) is 36.8 Å². The van der Waals surface area contributed by atoms with Crippen molar-refractivity contribution < 1.29 is 18.7 Å². The Bertz CT molecular complexity index is 996. The zero-order chi connectivity index (χ0) is 20.8. The first-order valence-corrected chi connectivity index (χ1v) is 10.6. The summed E-state index contributed by atoms with van der Waals surface area (Å²) in [4.78, 5) is 14.2. The number of carbonyl (C=O) groups excluding carboxylic acids is 1. The minimum Gasteiger partial charge on any atom is -0.454 e. The van der Waals surface area contributed by atoms with E-state index in [0.29, 0.717) is 29.2 Å². The van der Waals surface area contributed by atoms with E-state index in [-0.39, 0.29) is 18.5 Å². The Balaban J connectivity index is 1.18. The van der Waals surface area contributed by atoms with Gasteiger partial charge in [-0.1, -0.05) is 30.0 Å². The summed E-state index contributed by atoms with van der Waals surface area (Å²) < 4.78 is 16.3. The van der Waals surface area contributed by atoms with E-state index < -0.39 is 0 Å². The van der Waals surface area contributed by atoms with Crippen molar-refractivity contribution in [3.05, 3.63) is 48.5 Å². The largest absolute Gasteiger partial charge is 0.454 e. The van der Waals surface area contributed by atoms with Gasteiger partial charge in [0, 0.05) is 31.4 Å². The number of para-hydroxylation sites is 1. The molecule has 156 valence electrons. The topological polar surface area (TPSA) is 89.7 Å². The Morgan fingerprint density at radius 3 is 2.83 bits per heavy atom. The minimum absolute atomic E-state index is 0.0646. The second-order valence-electron chi connectivity index (χ2n) is 6.69. The van der Waals surface area contributed by atoms with Crippen LogP contribution in [0.4, 0.5) is 5.69 Å². The molecule has 0 bridgehead atoms. The highest BCUT2D eigenvalue weighted by atomic mass is 32.2. The number of ether oxygens (including phenoxy) is 2. The van der Waals surface area contributed by atoms with Crippen LogP contribution in [0.25, 0.3) is 11.5 Å². The van der Waals surface area contributed by atoms with Crippen molar-refractivity contribution in [3.8, 4) is 23.0 Å². The van der Waals surface area contributed by atoms with Gasteiger partial charge in [-0.25, -0.2) is 0 Å². The first-order chi connectivity index (χ1) is 14.7. The lowest BCUT2D eigenvalue weighted by Crippen LogP contribution is -2.29. The molecule has 0 spiro atoms. The van der Waals surface area contributed by atoms with Gasteiger partial charge < -0.3 is 24.1 Å². The number of rotatable bonds is 9. The van der Waals surface area contributed by atoms with Crippen molar-refractivity contribution in [1.29, 1.82) is 0 Å². The number of hydrogen-bond acceptors (Lipinski definition) is 8. The molecule has 0 fully saturated rings. The van der Waals surface area contributed by atoms with Crippen LogP contribution >= 0.6 is 11.8 Å². The Kier molecular flexibility index (Phi) is 6.38. The molecule has 2 heterocycles. The number of anilines is 1. The summed E-state index contributed by atoms with van der Waals surface area (Å²) in [5.74, 6) is 1.87. The maximum atomic E-state index is 12.1. The van der Waals surface area contributed by atoms with Crippen molar-refractivity contribution in [2.75, 3.05) is 37.6 Å². The molecule has 0 saturated heterocycles. The average molecular weight is 426 g/mol. The second kappa shape index (κ2) is 9.53. The number of benzene rings is 2. The number of nitrogens with zero attached hydrogens (tertiary/aromatic N) is 3. The van der Waals surface area contributed by atoms with Crippen LogP contribution in [-0.4, -0.2) is 48.8 Å². The van der Waals surface area contributed by atoms with Gasteiger partial charge in [0.2, 0.25) is 18.6 Å². The van der Waals surface area contributed by atoms with Gasteiger partial charge in [-0.3, -0.25) is 4.79 Å². The van der Waals surface area contributed by atoms with Crippen molar-refractivity contribution in [1.82, 2.24) is 15.5 Å². The van der Waals surface area contributed by atoms with E-state index in [4.69, 9.17) is 13.9 Å². The fraction of sp³-hybridized carbons (Fsp3) is 0.286. The Morgan fingerprint density at radius 2 is 1.97 bits per heavy atom. The maximum absolute atomic E-state index is 12.1. The summed E-state index contributed by atoms with van der Waals surface area (Å²) >= 11 is 1.21. The van der Waals surface area contributed by atoms with Crippen LogP contribution in [0.5, 0.6) is 11.5 Å². The number of nitrogens with one attached hydrogen (secondary N) is 1. The Hall–Kier alpha value is -3.20. The molecule has 0 radical (unpaired) electrons. The lowest BCUT2D eigenvalue weighted by Gasteiger charge is -2.19. The molecule has 0 aliphatic carbocycles. The summed E-state index contributed by atoms with van der Waals surface area (Å²) in [5, 5.41) is 11.3. The molecule has 2 aromatic carbocycles. The molecule has 0 saturated carbocycles. The smallest absolute Gasteiger partial charge is 0.277 e. The Morgan fingerprint density at radius 1 is 1.13 bits per heavy atom. The van der Waals surface area contributed by atoms with E-state index in [0.717, 1.165) is 24.2 Å². The van der Waals surface area contributed by atoms with Crippen LogP contribution in [0.1, 0.15) is 6.42 Å². The van der Waals surface area contributed by atoms with Gasteiger partial charge in [0.05, 0.1) is 5.75 Å². The van der Waals surface area contributed by atoms with E-state index in [2.05, 4.69) is 32.5 Å². The quantitative estimate of drug-likeness (QED) is 0.412. The summed E-state index contributed by atoms with van der Waals surface area (Å²) in [6.07, 6.45) is 0.858. The number of fused-ring (bicyclic) bond motifs is 1. The maximum Gasteiger partial charge on any atom is 0.277 e. The summed E-state index contributed by atoms with van der Waals surface area (Å²) in [6, 6.07) is 15.6. The van der Waals surface area contributed by atoms with E-state index in [1.807, 2.05) is 31.3 Å². The lowest BCUT2D eigenvalue weighted by molar-refractivity contribution is -0.118. The zero-order valence-electron chi connectivity index (χ0n) is 16.5. The molecule has 1 aliphatic heterocycles. The van der Waals surface area contributed by atoms with Gasteiger partial charge in [-0.2, -0.15) is 0 Å². The molecule has 1 amide bonds. The third-order valence-corrected chi connectivity index (χ3v) is 5.36. The number of carbonyl (C=O) groups is 1. The van der Waals surface area contributed by atoms with Crippen molar-refractivity contribution >= 4 is 23.4 Å². The van der Waals surface area contributed by atoms with Crippen molar-refractivity contribution in [2.24, 2.45) is 0 Å². The van der Waals surface area contributed by atoms with Crippen LogP contribution < -0.4 is 19.7 Å². The summed E-state index contributed by atoms with van der Waals surface area (Å²) in [6.45, 7) is 1.68. The molecular weight excluding hydrogens is 404 g/mol. The van der Waals surface area contributed by atoms with Crippen LogP contribution in [0.15, 0.2) is 58.2 Å². The van der Waals surface area contributed by atoms with Gasteiger partial charge >= 0.3 is 0 Å². The minimum atomic E-state index is -0.0646. The standard InChI is InChI=1S/C21H22N4O4S/c1-25(16-6-3-2-4-7-16)11-5-10-22-19(26)13-30-21-24-23-20(29-21)15-8-9-17-18(12-15)28-14-27-17/h2-4,6-9,12H,5,10-11,13-14H2,1H3,(H,22,26). The molecule has 4 rings (SSSR count). The van der Waals surface area contributed by atoms with Crippen LogP contribution in [0, 0.1) is 0 Å². The molecule has 8 nitrogen and oxygen atoms in total. The SMILES string of the molecule is CN(CCCNC(=O)CSc1nnc(-c2ccc3c(c2)OCO3)o1)c1ccccc1. The lowest BCUT2D eigenvalue weighted by atomic mass is 10.2. The van der Waals surface area contributed by atoms with Crippen molar-refractivity contribution in [2.45, 2.75) is 11.6 Å². The van der Waals surface area contributed by atoms with Crippen LogP contribution in [-0.2, 0) is 4.79 Å². The summed E-state index contributed by atoms with van der Waals surface area (Å²) in [5.41, 5.74) is 1.90. The van der Waals surface area contributed by atoms with Gasteiger partial charge in [0.15, 0.2) is 11.5 Å². The predicted octanol–water partition coefficient (Wildman–Crippen LogP) is 3.20. The monoisotopic (exact) mass is 426 g/mol. The van der Waals surface area contributed by atoms with E-state index >= 15 is 0 Å². The van der Waals surface area contributed by atoms with Gasteiger partial charge in [0.1, 0.15) is 0 Å². The average Bonchev–Trinajstić information content (AvgIpc) is 3.44. The molecule has 9 heteroatoms. The predicted molar refractivity (Wildman–Crippen MR) is 114 cm³/mol. The molecular formula is C21H22N4O4S. The number of amides is 1. The fourth-order valence-corrected chi connectivity index (χ4v) is 3.54. The molecule has 3 aromatic rings. The van der Waals surface area contributed by atoms with Crippen LogP contribution in [0.3, 0.4) is 0 Å². The van der Waals surface area contributed by atoms with E-state index in [1.54, 1.807) is 12.1 Å². The van der Waals surface area contributed by atoms with Gasteiger partial charge in [-0.15, -0.1) is 10.2 Å². The van der Waals surface area contributed by atoms with Crippen LogP contribution in [0.2, 0.25) is 0 Å². The molecule has 30 heavy (non-hydrogen) atoms. The van der Waals surface area contributed by atoms with E-state index in [9.17, 15) is 4.79 Å². The number of thioether (sulfide) groups is 1. The number of aromatic nitrogens is 2. The molecule has 1 aromatic heterocycles. The van der Waals surface area contributed by atoms with E-state index in [1.165, 1.54) is 11.8 Å². The second-order valence-corrected chi connectivity index (χ2v) is 7.62. The highest BCUT2D eigenvalue weighted by Crippen LogP contribution is 2.35. The first kappa shape index (κ1) is 20.1. The number of hydrogen-bond donors (Lipinski definition) is 1. The Labute approximate surface area is 178 Å². The highest BCUT2D eigenvalue weighted by Gasteiger charge is 2.17. The summed E-state index contributed by atoms with van der Waals surface area (Å²) in [7, 11) is 2.04. The normalized spacial score (nSPS) is 12.0.